The second kappa shape index (κ2) is 9.84. The van der Waals surface area contributed by atoms with Crippen LogP contribution >= 0.6 is 11.3 Å². The third-order valence-corrected chi connectivity index (χ3v) is 6.12. The van der Waals surface area contributed by atoms with Crippen molar-refractivity contribution in [2.75, 3.05) is 25.6 Å². The molecule has 10 heteroatoms. The number of amides is 1. The molecule has 0 aliphatic rings. The van der Waals surface area contributed by atoms with Gasteiger partial charge in [0.1, 0.15) is 22.4 Å². The summed E-state index contributed by atoms with van der Waals surface area (Å²) in [5.41, 5.74) is 1.08. The fraction of sp³-hybridized carbons (Fsp3) is 0.318. The second-order valence-corrected chi connectivity index (χ2v) is 8.12. The number of methoxy groups -OCH3 is 1. The van der Waals surface area contributed by atoms with E-state index >= 15 is 0 Å². The van der Waals surface area contributed by atoms with Crippen molar-refractivity contribution in [1.82, 2.24) is 9.55 Å². The van der Waals surface area contributed by atoms with Gasteiger partial charge in [0.2, 0.25) is 5.91 Å². The van der Waals surface area contributed by atoms with Crippen LogP contribution in [0.3, 0.4) is 0 Å². The fourth-order valence-electron chi connectivity index (χ4n) is 3.05. The molecule has 0 aliphatic heterocycles. The smallest absolute Gasteiger partial charge is 0.348 e. The minimum absolute atomic E-state index is 0.0738. The van der Waals surface area contributed by atoms with Gasteiger partial charge in [-0.15, -0.1) is 11.3 Å². The highest BCUT2D eigenvalue weighted by Gasteiger charge is 2.23. The lowest BCUT2D eigenvalue weighted by Gasteiger charge is -2.15. The van der Waals surface area contributed by atoms with Gasteiger partial charge < -0.3 is 14.8 Å². The standard InChI is InChI=1S/C22H23N3O6S/c1-12-17-20(32-18(12)22(29)31-10-9-30-4)23-11-25(21(17)28)13(2)19(27)24-16-7-5-15(6-8-16)14(3)26/h5-8,11,13H,9-10H2,1-4H3,(H,24,27). The van der Waals surface area contributed by atoms with Crippen LogP contribution in [0.1, 0.15) is 45.5 Å². The number of ketones is 1. The van der Waals surface area contributed by atoms with Gasteiger partial charge in [-0.3, -0.25) is 19.0 Å². The van der Waals surface area contributed by atoms with Crippen LogP contribution in [-0.4, -0.2) is 47.5 Å². The zero-order valence-electron chi connectivity index (χ0n) is 18.1. The summed E-state index contributed by atoms with van der Waals surface area (Å²) in [4.78, 5) is 54.5. The molecule has 3 rings (SSSR count). The number of nitrogens with zero attached hydrogens (tertiary/aromatic N) is 2. The second-order valence-electron chi connectivity index (χ2n) is 7.12. The van der Waals surface area contributed by atoms with Gasteiger partial charge >= 0.3 is 5.97 Å². The van der Waals surface area contributed by atoms with Crippen molar-refractivity contribution in [3.8, 4) is 0 Å². The van der Waals surface area contributed by atoms with Crippen molar-refractivity contribution in [3.05, 3.63) is 57.0 Å². The van der Waals surface area contributed by atoms with Gasteiger partial charge in [0.15, 0.2) is 5.78 Å². The zero-order valence-corrected chi connectivity index (χ0v) is 18.9. The number of thiophene rings is 1. The molecule has 0 aliphatic carbocycles. The van der Waals surface area contributed by atoms with Crippen LogP contribution in [0.4, 0.5) is 5.69 Å². The highest BCUT2D eigenvalue weighted by Crippen LogP contribution is 2.28. The summed E-state index contributed by atoms with van der Waals surface area (Å²) >= 11 is 1.07. The summed E-state index contributed by atoms with van der Waals surface area (Å²) in [5.74, 6) is -1.04. The Bertz CT molecular complexity index is 1230. The van der Waals surface area contributed by atoms with Crippen LogP contribution in [0.5, 0.6) is 0 Å². The molecular formula is C22H23N3O6S. The maximum atomic E-state index is 13.1. The van der Waals surface area contributed by atoms with E-state index in [0.717, 1.165) is 11.3 Å². The van der Waals surface area contributed by atoms with Crippen LogP contribution in [0.15, 0.2) is 35.4 Å². The Morgan fingerprint density at radius 3 is 2.50 bits per heavy atom. The van der Waals surface area contributed by atoms with Crippen molar-refractivity contribution < 1.29 is 23.9 Å². The van der Waals surface area contributed by atoms with Gasteiger partial charge in [0.25, 0.3) is 5.56 Å². The van der Waals surface area contributed by atoms with E-state index < -0.39 is 23.5 Å². The van der Waals surface area contributed by atoms with Crippen LogP contribution < -0.4 is 10.9 Å². The van der Waals surface area contributed by atoms with E-state index in [2.05, 4.69) is 10.3 Å². The minimum atomic E-state index is -0.858. The number of carbonyl (C=O) groups is 3. The third kappa shape index (κ3) is 4.76. The molecule has 2 aromatic heterocycles. The first-order chi connectivity index (χ1) is 15.2. The number of ether oxygens (including phenoxy) is 2. The Balaban J connectivity index is 1.84. The van der Waals surface area contributed by atoms with E-state index in [1.807, 2.05) is 0 Å². The zero-order chi connectivity index (χ0) is 23.4. The number of anilines is 1. The number of aryl methyl sites for hydroxylation is 1. The van der Waals surface area contributed by atoms with Crippen molar-refractivity contribution in [2.24, 2.45) is 0 Å². The normalized spacial score (nSPS) is 11.9. The molecule has 9 nitrogen and oxygen atoms in total. The van der Waals surface area contributed by atoms with E-state index in [4.69, 9.17) is 9.47 Å². The van der Waals surface area contributed by atoms with Crippen LogP contribution in [0, 0.1) is 6.92 Å². The summed E-state index contributed by atoms with van der Waals surface area (Å²) < 4.78 is 11.2. The molecule has 0 fully saturated rings. The van der Waals surface area contributed by atoms with Gasteiger partial charge in [0, 0.05) is 18.4 Å². The third-order valence-electron chi connectivity index (χ3n) is 4.94. The van der Waals surface area contributed by atoms with Crippen molar-refractivity contribution in [3.63, 3.8) is 0 Å². The molecule has 32 heavy (non-hydrogen) atoms. The average molecular weight is 458 g/mol. The number of fused-ring (bicyclic) bond motifs is 1. The number of benzene rings is 1. The largest absolute Gasteiger partial charge is 0.459 e. The number of carbonyl (C=O) groups excluding carboxylic acids is 3. The average Bonchev–Trinajstić information content (AvgIpc) is 3.11. The molecule has 0 saturated heterocycles. The van der Waals surface area contributed by atoms with E-state index in [1.54, 1.807) is 38.1 Å². The van der Waals surface area contributed by atoms with Crippen LogP contribution in [0.25, 0.3) is 10.2 Å². The Kier molecular flexibility index (Phi) is 7.16. The highest BCUT2D eigenvalue weighted by molar-refractivity contribution is 7.20. The Morgan fingerprint density at radius 1 is 1.19 bits per heavy atom. The van der Waals surface area contributed by atoms with E-state index in [0.29, 0.717) is 26.5 Å². The van der Waals surface area contributed by atoms with Crippen LogP contribution in [0.2, 0.25) is 0 Å². The lowest BCUT2D eigenvalue weighted by atomic mass is 10.1. The molecule has 1 atom stereocenters. The molecule has 0 radical (unpaired) electrons. The first kappa shape index (κ1) is 23.3. The monoisotopic (exact) mass is 457 g/mol. The Labute approximate surface area is 188 Å². The molecule has 3 aromatic rings. The van der Waals surface area contributed by atoms with Crippen LogP contribution in [-0.2, 0) is 14.3 Å². The number of nitrogens with one attached hydrogen (secondary N) is 1. The summed E-state index contributed by atoms with van der Waals surface area (Å²) in [6.45, 7) is 5.06. The minimum Gasteiger partial charge on any atom is -0.459 e. The molecule has 0 bridgehead atoms. The molecule has 168 valence electrons. The van der Waals surface area contributed by atoms with Gasteiger partial charge in [-0.05, 0) is 50.6 Å². The first-order valence-electron chi connectivity index (χ1n) is 9.82. The van der Waals surface area contributed by atoms with E-state index in [1.165, 1.54) is 24.9 Å². The highest BCUT2D eigenvalue weighted by atomic mass is 32.1. The molecule has 1 amide bonds. The van der Waals surface area contributed by atoms with Crippen molar-refractivity contribution in [1.29, 1.82) is 0 Å². The Morgan fingerprint density at radius 2 is 1.88 bits per heavy atom. The quantitative estimate of drug-likeness (QED) is 0.314. The fourth-order valence-corrected chi connectivity index (χ4v) is 4.09. The molecule has 0 saturated carbocycles. The maximum Gasteiger partial charge on any atom is 0.348 e. The van der Waals surface area contributed by atoms with E-state index in [9.17, 15) is 19.2 Å². The molecular weight excluding hydrogens is 434 g/mol. The van der Waals surface area contributed by atoms with Gasteiger partial charge in [-0.2, -0.15) is 0 Å². The summed E-state index contributed by atoms with van der Waals surface area (Å²) in [5, 5.41) is 3.01. The molecule has 1 aromatic carbocycles. The summed E-state index contributed by atoms with van der Waals surface area (Å²) in [6, 6.07) is 5.62. The number of hydrogen-bond acceptors (Lipinski definition) is 8. The topological polar surface area (TPSA) is 117 Å². The van der Waals surface area contributed by atoms with Crippen molar-refractivity contribution >= 4 is 44.9 Å². The molecule has 0 spiro atoms. The number of Topliss-reactive ketones (excluding diaryl/α,β-unsaturated/α-hetero) is 1. The first-order valence-corrected chi connectivity index (χ1v) is 10.6. The van der Waals surface area contributed by atoms with Gasteiger partial charge in [0.05, 0.1) is 18.3 Å². The Hall–Kier alpha value is -3.37. The predicted molar refractivity (Wildman–Crippen MR) is 121 cm³/mol. The SMILES string of the molecule is COCCOC(=O)c1sc2ncn(C(C)C(=O)Nc3ccc(C(C)=O)cc3)c(=O)c2c1C. The summed E-state index contributed by atoms with van der Waals surface area (Å²) in [6.07, 6.45) is 1.30. The molecule has 1 unspecified atom stereocenters. The number of aromatic nitrogens is 2. The lowest BCUT2D eigenvalue weighted by Crippen LogP contribution is -2.31. The number of hydrogen-bond donors (Lipinski definition) is 1. The molecule has 1 N–H and O–H groups in total. The number of esters is 1. The van der Waals surface area contributed by atoms with Crippen molar-refractivity contribution in [2.45, 2.75) is 26.8 Å². The van der Waals surface area contributed by atoms with Gasteiger partial charge in [-0.1, -0.05) is 0 Å². The summed E-state index contributed by atoms with van der Waals surface area (Å²) in [7, 11) is 1.50. The lowest BCUT2D eigenvalue weighted by molar-refractivity contribution is -0.118. The molecule has 2 heterocycles. The number of rotatable bonds is 8. The maximum absolute atomic E-state index is 13.1. The predicted octanol–water partition coefficient (Wildman–Crippen LogP) is 2.97. The van der Waals surface area contributed by atoms with Gasteiger partial charge in [-0.25, -0.2) is 9.78 Å². The van der Waals surface area contributed by atoms with E-state index in [-0.39, 0.29) is 24.4 Å².